The SMILES string of the molecule is CNC(=O)c1cnc(-c2cc(Oc3cccc(CCC(=O)Nc4ccc(Cl)c(C(F)(F)F)c4)c3)ccn2)[nH]1. The van der Waals surface area contributed by atoms with Crippen molar-refractivity contribution in [1.82, 2.24) is 20.3 Å². The third kappa shape index (κ3) is 6.68. The van der Waals surface area contributed by atoms with Gasteiger partial charge in [0.2, 0.25) is 5.91 Å². The normalized spacial score (nSPS) is 11.2. The van der Waals surface area contributed by atoms with Crippen molar-refractivity contribution in [2.75, 3.05) is 12.4 Å². The van der Waals surface area contributed by atoms with Crippen LogP contribution in [0.4, 0.5) is 18.9 Å². The number of rotatable bonds is 8. The molecule has 0 radical (unpaired) electrons. The number of ether oxygens (including phenoxy) is 1. The van der Waals surface area contributed by atoms with Gasteiger partial charge in [-0.3, -0.25) is 14.6 Å². The van der Waals surface area contributed by atoms with Crippen LogP contribution < -0.4 is 15.4 Å². The lowest BCUT2D eigenvalue weighted by Crippen LogP contribution is -2.17. The number of benzene rings is 2. The number of carbonyl (C=O) groups is 2. The van der Waals surface area contributed by atoms with E-state index in [4.69, 9.17) is 16.3 Å². The van der Waals surface area contributed by atoms with Crippen LogP contribution in [-0.2, 0) is 17.4 Å². The number of hydrogen-bond donors (Lipinski definition) is 3. The Balaban J connectivity index is 1.38. The summed E-state index contributed by atoms with van der Waals surface area (Å²) in [5.74, 6) is 0.641. The zero-order valence-corrected chi connectivity index (χ0v) is 20.7. The molecule has 0 atom stereocenters. The molecule has 0 spiro atoms. The van der Waals surface area contributed by atoms with E-state index in [-0.39, 0.29) is 18.0 Å². The fraction of sp³-hybridized carbons (Fsp3) is 0.154. The van der Waals surface area contributed by atoms with Gasteiger partial charge in [-0.05, 0) is 48.4 Å². The lowest BCUT2D eigenvalue weighted by atomic mass is 10.1. The van der Waals surface area contributed by atoms with Crippen LogP contribution in [0.15, 0.2) is 67.0 Å². The van der Waals surface area contributed by atoms with Crippen molar-refractivity contribution < 1.29 is 27.5 Å². The highest BCUT2D eigenvalue weighted by atomic mass is 35.5. The standard InChI is InChI=1S/C26H21ClF3N5O3/c1-31-25(37)22-14-33-24(35-22)21-13-18(9-10-32-21)38-17-4-2-3-15(11-17)5-8-23(36)34-16-6-7-20(27)19(12-16)26(28,29)30/h2-4,6-7,9-14H,5,8H2,1H3,(H,31,37)(H,33,35)(H,34,36). The largest absolute Gasteiger partial charge is 0.457 e. The zero-order valence-electron chi connectivity index (χ0n) is 19.9. The lowest BCUT2D eigenvalue weighted by molar-refractivity contribution is -0.137. The number of alkyl halides is 3. The number of amides is 2. The summed E-state index contributed by atoms with van der Waals surface area (Å²) in [6.07, 6.45) is -1.30. The summed E-state index contributed by atoms with van der Waals surface area (Å²) in [7, 11) is 1.52. The summed E-state index contributed by atoms with van der Waals surface area (Å²) in [5, 5.41) is 4.54. The second-order valence-electron chi connectivity index (χ2n) is 8.09. The molecular formula is C26H21ClF3N5O3. The van der Waals surface area contributed by atoms with Gasteiger partial charge in [-0.2, -0.15) is 13.2 Å². The van der Waals surface area contributed by atoms with Crippen LogP contribution >= 0.6 is 11.6 Å². The van der Waals surface area contributed by atoms with Gasteiger partial charge in [0.25, 0.3) is 5.91 Å². The van der Waals surface area contributed by atoms with E-state index < -0.39 is 22.7 Å². The van der Waals surface area contributed by atoms with E-state index in [9.17, 15) is 22.8 Å². The van der Waals surface area contributed by atoms with Crippen molar-refractivity contribution in [3.63, 3.8) is 0 Å². The minimum atomic E-state index is -4.62. The number of aryl methyl sites for hydroxylation is 1. The summed E-state index contributed by atoms with van der Waals surface area (Å²) in [5.41, 5.74) is 0.558. The summed E-state index contributed by atoms with van der Waals surface area (Å²) in [4.78, 5) is 35.4. The van der Waals surface area contributed by atoms with Gasteiger partial charge in [-0.25, -0.2) is 4.98 Å². The number of aromatic amines is 1. The first kappa shape index (κ1) is 26.7. The van der Waals surface area contributed by atoms with Crippen molar-refractivity contribution in [3.8, 4) is 23.0 Å². The van der Waals surface area contributed by atoms with Crippen LogP contribution in [0.2, 0.25) is 5.02 Å². The third-order valence-electron chi connectivity index (χ3n) is 5.35. The van der Waals surface area contributed by atoms with E-state index in [0.717, 1.165) is 17.7 Å². The number of anilines is 1. The highest BCUT2D eigenvalue weighted by molar-refractivity contribution is 6.31. The van der Waals surface area contributed by atoms with Crippen molar-refractivity contribution >= 4 is 29.1 Å². The molecule has 0 aliphatic carbocycles. The number of pyridine rings is 1. The summed E-state index contributed by atoms with van der Waals surface area (Å²) < 4.78 is 45.1. The molecule has 2 aromatic carbocycles. The van der Waals surface area contributed by atoms with Gasteiger partial charge in [0.1, 0.15) is 22.9 Å². The fourth-order valence-electron chi connectivity index (χ4n) is 3.51. The number of H-pyrrole nitrogens is 1. The summed E-state index contributed by atoms with van der Waals surface area (Å²) in [6, 6.07) is 13.6. The number of carbonyl (C=O) groups excluding carboxylic acids is 2. The molecule has 0 unspecified atom stereocenters. The second kappa shape index (κ2) is 11.3. The summed E-state index contributed by atoms with van der Waals surface area (Å²) in [6.45, 7) is 0. The molecule has 8 nitrogen and oxygen atoms in total. The Morgan fingerprint density at radius 2 is 1.84 bits per heavy atom. The van der Waals surface area contributed by atoms with Crippen LogP contribution in [0.25, 0.3) is 11.5 Å². The molecule has 3 N–H and O–H groups in total. The highest BCUT2D eigenvalue weighted by Crippen LogP contribution is 2.36. The van der Waals surface area contributed by atoms with Crippen molar-refractivity contribution in [3.05, 3.63) is 88.8 Å². The molecule has 0 bridgehead atoms. The minimum absolute atomic E-state index is 0.0105. The molecule has 38 heavy (non-hydrogen) atoms. The first-order valence-corrected chi connectivity index (χ1v) is 11.7. The molecule has 0 aliphatic rings. The maximum absolute atomic E-state index is 13.0. The third-order valence-corrected chi connectivity index (χ3v) is 5.68. The van der Waals surface area contributed by atoms with Crippen LogP contribution in [0, 0.1) is 0 Å². The van der Waals surface area contributed by atoms with Crippen molar-refractivity contribution in [1.29, 1.82) is 0 Å². The molecule has 196 valence electrons. The topological polar surface area (TPSA) is 109 Å². The Morgan fingerprint density at radius 1 is 1.05 bits per heavy atom. The van der Waals surface area contributed by atoms with Gasteiger partial charge < -0.3 is 20.4 Å². The Labute approximate surface area is 220 Å². The highest BCUT2D eigenvalue weighted by Gasteiger charge is 2.33. The Hall–Kier alpha value is -4.38. The van der Waals surface area contributed by atoms with Gasteiger partial charge in [-0.15, -0.1) is 0 Å². The molecule has 2 aromatic heterocycles. The van der Waals surface area contributed by atoms with Gasteiger partial charge in [0.15, 0.2) is 5.82 Å². The van der Waals surface area contributed by atoms with E-state index in [1.165, 1.54) is 19.3 Å². The monoisotopic (exact) mass is 543 g/mol. The maximum atomic E-state index is 13.0. The second-order valence-corrected chi connectivity index (χ2v) is 8.50. The quantitative estimate of drug-likeness (QED) is 0.258. The van der Waals surface area contributed by atoms with Gasteiger partial charge in [0.05, 0.1) is 16.8 Å². The Kier molecular flexibility index (Phi) is 7.96. The van der Waals surface area contributed by atoms with Gasteiger partial charge in [0, 0.05) is 31.4 Å². The van der Waals surface area contributed by atoms with Gasteiger partial charge in [-0.1, -0.05) is 23.7 Å². The molecule has 4 aromatic rings. The van der Waals surface area contributed by atoms with Crippen LogP contribution in [0.5, 0.6) is 11.5 Å². The molecule has 2 amide bonds. The molecule has 0 saturated carbocycles. The average Bonchev–Trinajstić information content (AvgIpc) is 3.38. The number of hydrogen-bond acceptors (Lipinski definition) is 5. The predicted molar refractivity (Wildman–Crippen MR) is 135 cm³/mol. The number of imidazole rings is 1. The molecule has 0 fully saturated rings. The number of nitrogens with zero attached hydrogens (tertiary/aromatic N) is 2. The van der Waals surface area contributed by atoms with Crippen molar-refractivity contribution in [2.45, 2.75) is 19.0 Å². The van der Waals surface area contributed by atoms with E-state index >= 15 is 0 Å². The van der Waals surface area contributed by atoms with Crippen LogP contribution in [0.3, 0.4) is 0 Å². The number of halogens is 4. The molecule has 2 heterocycles. The van der Waals surface area contributed by atoms with E-state index in [1.807, 2.05) is 6.07 Å². The first-order valence-electron chi connectivity index (χ1n) is 11.3. The predicted octanol–water partition coefficient (Wildman–Crippen LogP) is 5.87. The molecular weight excluding hydrogens is 523 g/mol. The van der Waals surface area contributed by atoms with Gasteiger partial charge >= 0.3 is 6.18 Å². The van der Waals surface area contributed by atoms with Crippen molar-refractivity contribution in [2.24, 2.45) is 0 Å². The Morgan fingerprint density at radius 3 is 2.61 bits per heavy atom. The molecule has 12 heteroatoms. The lowest BCUT2D eigenvalue weighted by Gasteiger charge is -2.12. The fourth-order valence-corrected chi connectivity index (χ4v) is 3.73. The smallest absolute Gasteiger partial charge is 0.417 e. The van der Waals surface area contributed by atoms with E-state index in [0.29, 0.717) is 35.1 Å². The van der Waals surface area contributed by atoms with E-state index in [2.05, 4.69) is 25.6 Å². The summed E-state index contributed by atoms with van der Waals surface area (Å²) >= 11 is 5.62. The number of nitrogens with one attached hydrogen (secondary N) is 3. The van der Waals surface area contributed by atoms with Crippen LogP contribution in [-0.4, -0.2) is 33.8 Å². The Bertz CT molecular complexity index is 1470. The number of aromatic nitrogens is 3. The molecule has 4 rings (SSSR count). The maximum Gasteiger partial charge on any atom is 0.417 e. The van der Waals surface area contributed by atoms with E-state index in [1.54, 1.807) is 36.5 Å². The zero-order chi connectivity index (χ0) is 27.3. The minimum Gasteiger partial charge on any atom is -0.457 e. The first-order chi connectivity index (χ1) is 18.1. The molecule has 0 aliphatic heterocycles. The average molecular weight is 544 g/mol. The molecule has 0 saturated heterocycles. The van der Waals surface area contributed by atoms with Crippen LogP contribution in [0.1, 0.15) is 28.0 Å².